The zero-order valence-electron chi connectivity index (χ0n) is 16.9. The molecule has 0 atom stereocenters. The van der Waals surface area contributed by atoms with Gasteiger partial charge in [-0.15, -0.1) is 11.3 Å². The van der Waals surface area contributed by atoms with Gasteiger partial charge < -0.3 is 4.90 Å². The normalized spacial score (nSPS) is 15.0. The first-order valence-electron chi connectivity index (χ1n) is 9.93. The second kappa shape index (κ2) is 9.93. The van der Waals surface area contributed by atoms with Crippen LogP contribution in [-0.4, -0.2) is 59.3 Å². The summed E-state index contributed by atoms with van der Waals surface area (Å²) in [5.41, 5.74) is 0.585. The Balaban J connectivity index is 1.48. The number of hydrogen-bond donors (Lipinski definition) is 1. The van der Waals surface area contributed by atoms with E-state index in [1.54, 1.807) is 11.4 Å². The van der Waals surface area contributed by atoms with Crippen LogP contribution < -0.4 is 5.32 Å². The minimum Gasteiger partial charge on any atom is -0.340 e. The van der Waals surface area contributed by atoms with E-state index in [4.69, 9.17) is 0 Å². The molecule has 1 N–H and O–H groups in total. The molecular formula is C21H27FN4O2S. The zero-order chi connectivity index (χ0) is 20.8. The van der Waals surface area contributed by atoms with Gasteiger partial charge in [-0.1, -0.05) is 26.0 Å². The molecule has 1 aliphatic heterocycles. The van der Waals surface area contributed by atoms with E-state index in [0.29, 0.717) is 16.7 Å². The summed E-state index contributed by atoms with van der Waals surface area (Å²) >= 11 is 1.23. The van der Waals surface area contributed by atoms with Crippen molar-refractivity contribution in [3.8, 4) is 0 Å². The Hall–Kier alpha value is -2.32. The molecule has 1 fully saturated rings. The lowest BCUT2D eigenvalue weighted by molar-refractivity contribution is -0.132. The summed E-state index contributed by atoms with van der Waals surface area (Å²) in [5.74, 6) is -0.393. The van der Waals surface area contributed by atoms with Crippen molar-refractivity contribution in [1.82, 2.24) is 14.8 Å². The van der Waals surface area contributed by atoms with Gasteiger partial charge in [-0.25, -0.2) is 9.37 Å². The fourth-order valence-corrected chi connectivity index (χ4v) is 3.89. The molecule has 0 saturated carbocycles. The van der Waals surface area contributed by atoms with Gasteiger partial charge in [0.15, 0.2) is 5.13 Å². The molecule has 1 aliphatic rings. The summed E-state index contributed by atoms with van der Waals surface area (Å²) in [5, 5.41) is 4.72. The molecule has 0 radical (unpaired) electrons. The number of halogens is 1. The Morgan fingerprint density at radius 1 is 1.21 bits per heavy atom. The number of carbonyl (C=O) groups is 2. The summed E-state index contributed by atoms with van der Waals surface area (Å²) < 4.78 is 13.7. The first-order chi connectivity index (χ1) is 13.9. The molecule has 0 unspecified atom stereocenters. The quantitative estimate of drug-likeness (QED) is 0.750. The molecule has 1 aromatic carbocycles. The van der Waals surface area contributed by atoms with Gasteiger partial charge in [-0.2, -0.15) is 0 Å². The van der Waals surface area contributed by atoms with Crippen LogP contribution >= 0.6 is 11.3 Å². The molecule has 2 amide bonds. The van der Waals surface area contributed by atoms with Crippen molar-refractivity contribution in [2.75, 3.05) is 38.0 Å². The Morgan fingerprint density at radius 2 is 1.93 bits per heavy atom. The van der Waals surface area contributed by atoms with E-state index in [1.807, 2.05) is 4.90 Å². The van der Waals surface area contributed by atoms with Crippen molar-refractivity contribution in [1.29, 1.82) is 0 Å². The largest absolute Gasteiger partial charge is 0.340 e. The van der Waals surface area contributed by atoms with E-state index in [2.05, 4.69) is 29.0 Å². The van der Waals surface area contributed by atoms with Gasteiger partial charge in [-0.3, -0.25) is 19.8 Å². The highest BCUT2D eigenvalue weighted by molar-refractivity contribution is 7.14. The molecule has 29 heavy (non-hydrogen) atoms. The van der Waals surface area contributed by atoms with Crippen LogP contribution in [0.1, 0.15) is 36.3 Å². The summed E-state index contributed by atoms with van der Waals surface area (Å²) in [7, 11) is 0. The van der Waals surface area contributed by atoms with Crippen molar-refractivity contribution in [2.45, 2.75) is 26.7 Å². The van der Waals surface area contributed by atoms with Crippen LogP contribution in [0.5, 0.6) is 0 Å². The maximum atomic E-state index is 13.7. The number of anilines is 1. The number of amides is 2. The fourth-order valence-electron chi connectivity index (χ4n) is 3.18. The molecule has 156 valence electrons. The van der Waals surface area contributed by atoms with Gasteiger partial charge in [0.2, 0.25) is 5.91 Å². The Labute approximate surface area is 174 Å². The average molecular weight is 419 g/mol. The van der Waals surface area contributed by atoms with Gasteiger partial charge in [0.1, 0.15) is 5.82 Å². The summed E-state index contributed by atoms with van der Waals surface area (Å²) in [4.78, 5) is 33.3. The predicted octanol–water partition coefficient (Wildman–Crippen LogP) is 3.27. The first kappa shape index (κ1) is 21.4. The van der Waals surface area contributed by atoms with E-state index in [0.717, 1.165) is 32.7 Å². The summed E-state index contributed by atoms with van der Waals surface area (Å²) in [6, 6.07) is 5.79. The third-order valence-electron chi connectivity index (χ3n) is 4.97. The van der Waals surface area contributed by atoms with Crippen LogP contribution in [0, 0.1) is 11.7 Å². The van der Waals surface area contributed by atoms with Crippen molar-refractivity contribution in [3.05, 3.63) is 46.7 Å². The first-order valence-corrected chi connectivity index (χ1v) is 10.8. The molecule has 0 bridgehead atoms. The number of benzene rings is 1. The second-order valence-electron chi connectivity index (χ2n) is 7.66. The Morgan fingerprint density at radius 3 is 2.62 bits per heavy atom. The van der Waals surface area contributed by atoms with Crippen molar-refractivity contribution >= 4 is 28.3 Å². The molecule has 2 aromatic rings. The zero-order valence-corrected chi connectivity index (χ0v) is 17.7. The molecule has 2 heterocycles. The van der Waals surface area contributed by atoms with E-state index in [1.165, 1.54) is 36.0 Å². The van der Waals surface area contributed by atoms with E-state index in [-0.39, 0.29) is 17.9 Å². The Bertz CT molecular complexity index is 847. The highest BCUT2D eigenvalue weighted by Crippen LogP contribution is 2.18. The Kier molecular flexibility index (Phi) is 7.33. The topological polar surface area (TPSA) is 65.5 Å². The van der Waals surface area contributed by atoms with Gasteiger partial charge in [0.25, 0.3) is 5.91 Å². The molecule has 0 aliphatic carbocycles. The van der Waals surface area contributed by atoms with Crippen molar-refractivity contribution in [2.24, 2.45) is 5.92 Å². The number of piperazine rings is 1. The number of rotatable bonds is 7. The van der Waals surface area contributed by atoms with Crippen LogP contribution in [-0.2, 0) is 11.2 Å². The third-order valence-corrected chi connectivity index (χ3v) is 5.78. The number of carbonyl (C=O) groups excluding carboxylic acids is 2. The van der Waals surface area contributed by atoms with Crippen LogP contribution in [0.2, 0.25) is 0 Å². The summed E-state index contributed by atoms with van der Waals surface area (Å²) in [6.45, 7) is 8.80. The highest BCUT2D eigenvalue weighted by Gasteiger charge is 2.22. The monoisotopic (exact) mass is 418 g/mol. The van der Waals surface area contributed by atoms with Crippen LogP contribution in [0.3, 0.4) is 0 Å². The number of aromatic nitrogens is 1. The summed E-state index contributed by atoms with van der Waals surface area (Å²) in [6.07, 6.45) is 1.38. The van der Waals surface area contributed by atoms with E-state index in [9.17, 15) is 14.0 Å². The van der Waals surface area contributed by atoms with Gasteiger partial charge >= 0.3 is 0 Å². The number of hydrogen-bond acceptors (Lipinski definition) is 5. The van der Waals surface area contributed by atoms with Gasteiger partial charge in [0, 0.05) is 31.6 Å². The standard InChI is InChI=1S/C21H27FN4O2S/c1-15(2)7-8-25-9-11-26(12-10-25)19(27)13-16-14-29-21(23-16)24-20(28)17-5-3-4-6-18(17)22/h3-6,14-15H,7-13H2,1-2H3,(H,23,24,28). The van der Waals surface area contributed by atoms with Crippen molar-refractivity contribution < 1.29 is 14.0 Å². The molecule has 1 saturated heterocycles. The lowest BCUT2D eigenvalue weighted by atomic mass is 10.1. The predicted molar refractivity (Wildman–Crippen MR) is 113 cm³/mol. The molecule has 3 rings (SSSR count). The third kappa shape index (κ3) is 6.08. The van der Waals surface area contributed by atoms with Crippen LogP contribution in [0.4, 0.5) is 9.52 Å². The molecular weight excluding hydrogens is 391 g/mol. The highest BCUT2D eigenvalue weighted by atomic mass is 32.1. The van der Waals surface area contributed by atoms with Crippen LogP contribution in [0.25, 0.3) is 0 Å². The van der Waals surface area contributed by atoms with E-state index < -0.39 is 11.7 Å². The van der Waals surface area contributed by atoms with Gasteiger partial charge in [-0.05, 0) is 31.0 Å². The van der Waals surface area contributed by atoms with Crippen LogP contribution in [0.15, 0.2) is 29.6 Å². The smallest absolute Gasteiger partial charge is 0.260 e. The lowest BCUT2D eigenvalue weighted by Crippen LogP contribution is -2.49. The molecule has 0 spiro atoms. The SMILES string of the molecule is CC(C)CCN1CCN(C(=O)Cc2csc(NC(=O)c3ccccc3F)n2)CC1. The van der Waals surface area contributed by atoms with E-state index >= 15 is 0 Å². The number of nitrogens with zero attached hydrogens (tertiary/aromatic N) is 3. The average Bonchev–Trinajstić information content (AvgIpc) is 3.13. The number of nitrogens with one attached hydrogen (secondary N) is 1. The molecule has 6 nitrogen and oxygen atoms in total. The lowest BCUT2D eigenvalue weighted by Gasteiger charge is -2.35. The second-order valence-corrected chi connectivity index (χ2v) is 8.52. The maximum Gasteiger partial charge on any atom is 0.260 e. The van der Waals surface area contributed by atoms with Crippen molar-refractivity contribution in [3.63, 3.8) is 0 Å². The minimum absolute atomic E-state index is 0.0318. The number of thiazole rings is 1. The molecule has 8 heteroatoms. The fraction of sp³-hybridized carbons (Fsp3) is 0.476. The maximum absolute atomic E-state index is 13.7. The molecule has 1 aromatic heterocycles. The minimum atomic E-state index is -0.579. The van der Waals surface area contributed by atoms with Gasteiger partial charge in [0.05, 0.1) is 17.7 Å².